The van der Waals surface area contributed by atoms with Gasteiger partial charge < -0.3 is 10.8 Å². The molecule has 84 valence electrons. The average Bonchev–Trinajstić information content (AvgIpc) is 2.22. The van der Waals surface area contributed by atoms with E-state index in [1.807, 2.05) is 0 Å². The third-order valence-electron chi connectivity index (χ3n) is 2.45. The molecule has 0 saturated carbocycles. The van der Waals surface area contributed by atoms with Crippen LogP contribution < -0.4 is 5.73 Å². The number of anilines is 1. The first-order valence-electron chi connectivity index (χ1n) is 4.72. The van der Waals surface area contributed by atoms with Gasteiger partial charge in [0.05, 0.1) is 10.6 Å². The molecule has 0 aliphatic rings. The van der Waals surface area contributed by atoms with Crippen LogP contribution in [0, 0.1) is 5.82 Å². The number of aliphatic hydroxyl groups excluding tert-OH is 1. The molecule has 0 aliphatic heterocycles. The van der Waals surface area contributed by atoms with Crippen LogP contribution in [-0.2, 0) is 0 Å². The first kappa shape index (κ1) is 11.3. The van der Waals surface area contributed by atoms with Gasteiger partial charge >= 0.3 is 0 Å². The van der Waals surface area contributed by atoms with Crippen molar-refractivity contribution in [2.45, 2.75) is 13.0 Å². The zero-order valence-corrected chi connectivity index (χ0v) is 10.1. The normalized spacial score (nSPS) is 13.0. The summed E-state index contributed by atoms with van der Waals surface area (Å²) in [6, 6.07) is 3.30. The van der Waals surface area contributed by atoms with Gasteiger partial charge in [0.25, 0.3) is 0 Å². The summed E-state index contributed by atoms with van der Waals surface area (Å²) in [6.45, 7) is 1.58. The van der Waals surface area contributed by atoms with E-state index in [2.05, 4.69) is 20.9 Å². The van der Waals surface area contributed by atoms with Crippen LogP contribution in [-0.4, -0.2) is 10.1 Å². The zero-order valence-electron chi connectivity index (χ0n) is 8.54. The van der Waals surface area contributed by atoms with Crippen molar-refractivity contribution < 1.29 is 9.50 Å². The largest absolute Gasteiger partial charge is 0.389 e. The molecule has 2 rings (SSSR count). The maximum atomic E-state index is 13.8. The van der Waals surface area contributed by atoms with E-state index >= 15 is 0 Å². The van der Waals surface area contributed by atoms with Gasteiger partial charge in [-0.3, -0.25) is 0 Å². The number of nitrogens with zero attached hydrogens (tertiary/aromatic N) is 1. The lowest BCUT2D eigenvalue weighted by molar-refractivity contribution is 0.201. The number of aromatic nitrogens is 1. The van der Waals surface area contributed by atoms with E-state index in [1.165, 1.54) is 6.20 Å². The zero-order chi connectivity index (χ0) is 11.9. The van der Waals surface area contributed by atoms with Crippen molar-refractivity contribution in [2.75, 3.05) is 5.73 Å². The molecule has 16 heavy (non-hydrogen) atoms. The van der Waals surface area contributed by atoms with E-state index in [9.17, 15) is 9.50 Å². The summed E-state index contributed by atoms with van der Waals surface area (Å²) in [5.41, 5.74) is 6.13. The van der Waals surface area contributed by atoms with Crippen LogP contribution in [0.5, 0.6) is 0 Å². The molecule has 1 aromatic carbocycles. The van der Waals surface area contributed by atoms with Crippen molar-refractivity contribution in [3.63, 3.8) is 0 Å². The quantitative estimate of drug-likeness (QED) is 0.847. The molecule has 0 fully saturated rings. The first-order valence-corrected chi connectivity index (χ1v) is 5.52. The van der Waals surface area contributed by atoms with Gasteiger partial charge in [0.1, 0.15) is 11.6 Å². The van der Waals surface area contributed by atoms with Gasteiger partial charge in [-0.15, -0.1) is 0 Å². The Morgan fingerprint density at radius 3 is 2.75 bits per heavy atom. The average molecular weight is 285 g/mol. The van der Waals surface area contributed by atoms with Crippen LogP contribution in [0.1, 0.15) is 18.6 Å². The fourth-order valence-corrected chi connectivity index (χ4v) is 2.05. The second-order valence-corrected chi connectivity index (χ2v) is 4.41. The number of rotatable bonds is 1. The molecular formula is C11H10BrFN2O. The van der Waals surface area contributed by atoms with Gasteiger partial charge in [0, 0.05) is 17.1 Å². The molecule has 0 bridgehead atoms. The van der Waals surface area contributed by atoms with Crippen LogP contribution in [0.15, 0.2) is 22.8 Å². The van der Waals surface area contributed by atoms with Crippen molar-refractivity contribution in [1.82, 2.24) is 4.98 Å². The summed E-state index contributed by atoms with van der Waals surface area (Å²) in [5, 5.41) is 10.5. The Kier molecular flexibility index (Phi) is 2.82. The highest BCUT2D eigenvalue weighted by Crippen LogP contribution is 2.31. The van der Waals surface area contributed by atoms with Crippen molar-refractivity contribution in [3.8, 4) is 0 Å². The van der Waals surface area contributed by atoms with E-state index < -0.39 is 11.9 Å². The Morgan fingerprint density at radius 2 is 2.12 bits per heavy atom. The Balaban J connectivity index is 2.89. The number of halogens is 2. The van der Waals surface area contributed by atoms with E-state index in [4.69, 9.17) is 5.73 Å². The van der Waals surface area contributed by atoms with Gasteiger partial charge in [0.2, 0.25) is 0 Å². The predicted octanol–water partition coefficient (Wildman–Crippen LogP) is 2.77. The van der Waals surface area contributed by atoms with E-state index in [0.29, 0.717) is 20.8 Å². The molecule has 0 aliphatic carbocycles. The maximum Gasteiger partial charge on any atom is 0.146 e. The lowest BCUT2D eigenvalue weighted by Gasteiger charge is -2.12. The Hall–Kier alpha value is -1.20. The van der Waals surface area contributed by atoms with E-state index in [0.717, 1.165) is 0 Å². The van der Waals surface area contributed by atoms with Crippen molar-refractivity contribution >= 4 is 32.5 Å². The minimum atomic E-state index is -0.781. The standard InChI is InChI=1S/C11H10BrFN2O/c1-5(16)9-6-2-3-8(12)10(13)7(6)4-15-11(9)14/h2-5,16H,1H3,(H2,14,15). The highest BCUT2D eigenvalue weighted by molar-refractivity contribution is 9.10. The Labute approximate surface area is 100 Å². The number of fused-ring (bicyclic) bond motifs is 1. The number of pyridine rings is 1. The molecule has 3 nitrogen and oxygen atoms in total. The molecule has 3 N–H and O–H groups in total. The molecule has 1 unspecified atom stereocenters. The lowest BCUT2D eigenvalue weighted by Crippen LogP contribution is -2.03. The molecular weight excluding hydrogens is 275 g/mol. The van der Waals surface area contributed by atoms with Crippen molar-refractivity contribution in [1.29, 1.82) is 0 Å². The van der Waals surface area contributed by atoms with Gasteiger partial charge in [0.15, 0.2) is 0 Å². The van der Waals surface area contributed by atoms with Crippen LogP contribution in [0.4, 0.5) is 10.2 Å². The number of benzene rings is 1. The third kappa shape index (κ3) is 1.66. The fourth-order valence-electron chi connectivity index (χ4n) is 1.71. The molecule has 1 heterocycles. The first-order chi connectivity index (χ1) is 7.52. The maximum absolute atomic E-state index is 13.8. The van der Waals surface area contributed by atoms with Crippen LogP contribution >= 0.6 is 15.9 Å². The molecule has 0 radical (unpaired) electrons. The summed E-state index contributed by atoms with van der Waals surface area (Å²) in [5.74, 6) is -0.170. The van der Waals surface area contributed by atoms with Gasteiger partial charge in [-0.1, -0.05) is 6.07 Å². The Morgan fingerprint density at radius 1 is 1.44 bits per heavy atom. The number of nitrogen functional groups attached to an aromatic ring is 1. The fraction of sp³-hybridized carbons (Fsp3) is 0.182. The molecule has 0 saturated heterocycles. The predicted molar refractivity (Wildman–Crippen MR) is 64.4 cm³/mol. The van der Waals surface area contributed by atoms with Gasteiger partial charge in [-0.25, -0.2) is 9.37 Å². The second kappa shape index (κ2) is 3.99. The molecule has 1 aromatic heterocycles. The number of hydrogen-bond acceptors (Lipinski definition) is 3. The highest BCUT2D eigenvalue weighted by atomic mass is 79.9. The van der Waals surface area contributed by atoms with Crippen molar-refractivity contribution in [3.05, 3.63) is 34.2 Å². The lowest BCUT2D eigenvalue weighted by atomic mass is 10.0. The summed E-state index contributed by atoms with van der Waals surface area (Å²) in [6.07, 6.45) is 0.591. The topological polar surface area (TPSA) is 59.1 Å². The monoisotopic (exact) mass is 284 g/mol. The summed E-state index contributed by atoms with van der Waals surface area (Å²) in [7, 11) is 0. The minimum Gasteiger partial charge on any atom is -0.389 e. The van der Waals surface area contributed by atoms with E-state index in [-0.39, 0.29) is 5.82 Å². The number of nitrogens with two attached hydrogens (primary N) is 1. The van der Waals surface area contributed by atoms with E-state index in [1.54, 1.807) is 19.1 Å². The van der Waals surface area contributed by atoms with Gasteiger partial charge in [-0.2, -0.15) is 0 Å². The highest BCUT2D eigenvalue weighted by Gasteiger charge is 2.15. The van der Waals surface area contributed by atoms with Crippen LogP contribution in [0.25, 0.3) is 10.8 Å². The smallest absolute Gasteiger partial charge is 0.146 e. The third-order valence-corrected chi connectivity index (χ3v) is 3.06. The molecule has 5 heteroatoms. The summed E-state index contributed by atoms with van der Waals surface area (Å²) < 4.78 is 14.1. The summed E-state index contributed by atoms with van der Waals surface area (Å²) >= 11 is 3.10. The summed E-state index contributed by atoms with van der Waals surface area (Å²) in [4.78, 5) is 3.89. The second-order valence-electron chi connectivity index (χ2n) is 3.56. The molecule has 0 amide bonds. The molecule has 1 atom stereocenters. The Bertz CT molecular complexity index is 557. The van der Waals surface area contributed by atoms with Gasteiger partial charge in [-0.05, 0) is 34.3 Å². The van der Waals surface area contributed by atoms with Crippen LogP contribution in [0.3, 0.4) is 0 Å². The van der Waals surface area contributed by atoms with Crippen molar-refractivity contribution in [2.24, 2.45) is 0 Å². The molecule has 2 aromatic rings. The SMILES string of the molecule is CC(O)c1c(N)ncc2c(F)c(Br)ccc12. The number of hydrogen-bond donors (Lipinski definition) is 2. The minimum absolute atomic E-state index is 0.226. The number of aliphatic hydroxyl groups is 1. The van der Waals surface area contributed by atoms with Crippen LogP contribution in [0.2, 0.25) is 0 Å². The molecule has 0 spiro atoms.